The van der Waals surface area contributed by atoms with Gasteiger partial charge in [0.15, 0.2) is 0 Å². The van der Waals surface area contributed by atoms with Gasteiger partial charge in [0.2, 0.25) is 0 Å². The number of carbonyl (C=O) groups is 1. The van der Waals surface area contributed by atoms with E-state index < -0.39 is 11.4 Å². The zero-order valence-electron chi connectivity index (χ0n) is 12.5. The number of carboxylic acid groups (broad SMARTS) is 1. The Bertz CT molecular complexity index is 591. The smallest absolute Gasteiger partial charge is 0.318 e. The van der Waals surface area contributed by atoms with Crippen LogP contribution >= 0.6 is 0 Å². The van der Waals surface area contributed by atoms with E-state index >= 15 is 0 Å². The van der Waals surface area contributed by atoms with Gasteiger partial charge in [-0.1, -0.05) is 65.7 Å². The number of benzene rings is 2. The first-order valence-corrected chi connectivity index (χ1v) is 6.99. The highest BCUT2D eigenvalue weighted by molar-refractivity contribution is 5.86. The molecule has 2 aromatic carbocycles. The van der Waals surface area contributed by atoms with Crippen molar-refractivity contribution in [2.24, 2.45) is 0 Å². The second-order valence-corrected chi connectivity index (χ2v) is 5.44. The van der Waals surface area contributed by atoms with Gasteiger partial charge in [-0.15, -0.1) is 6.58 Å². The molecule has 0 radical (unpaired) electrons. The van der Waals surface area contributed by atoms with Gasteiger partial charge < -0.3 is 5.11 Å². The molecule has 0 saturated carbocycles. The molecule has 2 heteroatoms. The summed E-state index contributed by atoms with van der Waals surface area (Å²) in [7, 11) is 0. The van der Waals surface area contributed by atoms with Crippen LogP contribution in [0.4, 0.5) is 0 Å². The molecule has 2 nitrogen and oxygen atoms in total. The van der Waals surface area contributed by atoms with Crippen molar-refractivity contribution in [1.82, 2.24) is 0 Å². The van der Waals surface area contributed by atoms with Crippen molar-refractivity contribution in [3.05, 3.63) is 83.4 Å². The van der Waals surface area contributed by atoms with Crippen molar-refractivity contribution in [3.8, 4) is 0 Å². The first-order chi connectivity index (χ1) is 10.0. The lowest BCUT2D eigenvalue weighted by Gasteiger charge is -2.30. The number of allylic oxidation sites excluding steroid dienone is 1. The van der Waals surface area contributed by atoms with Crippen LogP contribution in [0.15, 0.2) is 61.2 Å². The monoisotopic (exact) mass is 280 g/mol. The summed E-state index contributed by atoms with van der Waals surface area (Å²) in [6.07, 6.45) is 2.03. The maximum Gasteiger partial charge on any atom is 0.318 e. The van der Waals surface area contributed by atoms with Gasteiger partial charge in [-0.25, -0.2) is 0 Å². The van der Waals surface area contributed by atoms with Crippen LogP contribution in [0.3, 0.4) is 0 Å². The lowest BCUT2D eigenvalue weighted by atomic mass is 9.72. The van der Waals surface area contributed by atoms with E-state index in [9.17, 15) is 9.90 Å². The van der Waals surface area contributed by atoms with E-state index in [0.717, 1.165) is 22.3 Å². The van der Waals surface area contributed by atoms with Crippen LogP contribution in [0.2, 0.25) is 0 Å². The second kappa shape index (κ2) is 5.96. The Morgan fingerprint density at radius 3 is 1.67 bits per heavy atom. The van der Waals surface area contributed by atoms with Crippen LogP contribution in [-0.4, -0.2) is 11.1 Å². The van der Waals surface area contributed by atoms with Gasteiger partial charge in [0.1, 0.15) is 5.41 Å². The third kappa shape index (κ3) is 2.75. The van der Waals surface area contributed by atoms with Gasteiger partial charge in [-0.05, 0) is 31.4 Å². The van der Waals surface area contributed by atoms with E-state index in [0.29, 0.717) is 6.42 Å². The summed E-state index contributed by atoms with van der Waals surface area (Å²) in [5, 5.41) is 9.95. The third-order valence-corrected chi connectivity index (χ3v) is 3.90. The molecule has 1 N–H and O–H groups in total. The topological polar surface area (TPSA) is 37.3 Å². The number of carboxylic acids is 1. The van der Waals surface area contributed by atoms with Crippen LogP contribution in [-0.2, 0) is 10.2 Å². The van der Waals surface area contributed by atoms with Crippen molar-refractivity contribution in [3.63, 3.8) is 0 Å². The molecule has 21 heavy (non-hydrogen) atoms. The molecule has 0 saturated heterocycles. The zero-order valence-corrected chi connectivity index (χ0v) is 12.5. The van der Waals surface area contributed by atoms with Gasteiger partial charge in [0.05, 0.1) is 0 Å². The number of aryl methyl sites for hydroxylation is 2. The van der Waals surface area contributed by atoms with Crippen molar-refractivity contribution >= 4 is 5.97 Å². The summed E-state index contributed by atoms with van der Waals surface area (Å²) in [6, 6.07) is 15.4. The molecule has 0 fully saturated rings. The molecule has 0 unspecified atom stereocenters. The van der Waals surface area contributed by atoms with Crippen LogP contribution in [0, 0.1) is 13.8 Å². The number of hydrogen-bond acceptors (Lipinski definition) is 1. The molecule has 0 aromatic heterocycles. The Balaban J connectivity index is 2.68. The SMILES string of the molecule is C=CCC(C(=O)O)(c1ccc(C)cc1)c1ccc(C)cc1. The maximum atomic E-state index is 12.1. The summed E-state index contributed by atoms with van der Waals surface area (Å²) in [6.45, 7) is 7.73. The Hall–Kier alpha value is -2.35. The lowest BCUT2D eigenvalue weighted by Crippen LogP contribution is -2.36. The quantitative estimate of drug-likeness (QED) is 0.831. The first kappa shape index (κ1) is 15.0. The molecule has 0 bridgehead atoms. The van der Waals surface area contributed by atoms with Gasteiger partial charge >= 0.3 is 5.97 Å². The number of aliphatic carboxylic acids is 1. The van der Waals surface area contributed by atoms with E-state index in [4.69, 9.17) is 0 Å². The minimum atomic E-state index is -1.08. The molecule has 0 atom stereocenters. The second-order valence-electron chi connectivity index (χ2n) is 5.44. The van der Waals surface area contributed by atoms with Crippen molar-refractivity contribution in [1.29, 1.82) is 0 Å². The molecule has 2 rings (SSSR count). The highest BCUT2D eigenvalue weighted by atomic mass is 16.4. The van der Waals surface area contributed by atoms with E-state index in [-0.39, 0.29) is 0 Å². The fourth-order valence-corrected chi connectivity index (χ4v) is 2.63. The minimum absolute atomic E-state index is 0.356. The molecule has 0 amide bonds. The number of hydrogen-bond donors (Lipinski definition) is 1. The van der Waals surface area contributed by atoms with E-state index in [1.54, 1.807) is 6.08 Å². The van der Waals surface area contributed by atoms with Crippen LogP contribution in [0.5, 0.6) is 0 Å². The van der Waals surface area contributed by atoms with Crippen LogP contribution in [0.1, 0.15) is 28.7 Å². The average molecular weight is 280 g/mol. The summed E-state index contributed by atoms with van der Waals surface area (Å²) in [5.74, 6) is -0.852. The molecule has 0 heterocycles. The van der Waals surface area contributed by atoms with E-state index in [2.05, 4.69) is 6.58 Å². The van der Waals surface area contributed by atoms with Crippen molar-refractivity contribution in [2.75, 3.05) is 0 Å². The molecule has 0 aliphatic carbocycles. The fraction of sp³-hybridized carbons (Fsp3) is 0.211. The van der Waals surface area contributed by atoms with E-state index in [1.807, 2.05) is 62.4 Å². The summed E-state index contributed by atoms with van der Waals surface area (Å²) < 4.78 is 0. The molecular weight excluding hydrogens is 260 g/mol. The molecule has 2 aromatic rings. The molecule has 108 valence electrons. The Labute approximate surface area is 125 Å². The summed E-state index contributed by atoms with van der Waals surface area (Å²) in [5.41, 5.74) is 2.71. The van der Waals surface area contributed by atoms with Crippen molar-refractivity contribution in [2.45, 2.75) is 25.7 Å². The van der Waals surface area contributed by atoms with Crippen LogP contribution in [0.25, 0.3) is 0 Å². The molecule has 0 aliphatic heterocycles. The van der Waals surface area contributed by atoms with Gasteiger partial charge in [-0.2, -0.15) is 0 Å². The van der Waals surface area contributed by atoms with Gasteiger partial charge in [-0.3, -0.25) is 4.79 Å². The Morgan fingerprint density at radius 1 is 1.00 bits per heavy atom. The molecule has 0 spiro atoms. The van der Waals surface area contributed by atoms with Crippen molar-refractivity contribution < 1.29 is 9.90 Å². The Morgan fingerprint density at radius 2 is 1.38 bits per heavy atom. The average Bonchev–Trinajstić information content (AvgIpc) is 2.46. The van der Waals surface area contributed by atoms with E-state index in [1.165, 1.54) is 0 Å². The largest absolute Gasteiger partial charge is 0.480 e. The standard InChI is InChI=1S/C19H20O2/c1-4-13-19(18(20)21,16-9-5-14(2)6-10-16)17-11-7-15(3)8-12-17/h4-12H,1,13H2,2-3H3,(H,20,21). The molecule has 0 aliphatic rings. The predicted molar refractivity (Wildman–Crippen MR) is 85.6 cm³/mol. The molecular formula is C19H20O2. The normalized spacial score (nSPS) is 11.1. The minimum Gasteiger partial charge on any atom is -0.480 e. The fourth-order valence-electron chi connectivity index (χ4n) is 2.63. The van der Waals surface area contributed by atoms with Crippen LogP contribution < -0.4 is 0 Å². The van der Waals surface area contributed by atoms with Gasteiger partial charge in [0, 0.05) is 0 Å². The number of rotatable bonds is 5. The van der Waals surface area contributed by atoms with Gasteiger partial charge in [0.25, 0.3) is 0 Å². The summed E-state index contributed by atoms with van der Waals surface area (Å²) >= 11 is 0. The zero-order chi connectivity index (χ0) is 15.5. The third-order valence-electron chi connectivity index (χ3n) is 3.90. The maximum absolute atomic E-state index is 12.1. The highest BCUT2D eigenvalue weighted by Gasteiger charge is 2.41. The Kier molecular flexibility index (Phi) is 4.27. The lowest BCUT2D eigenvalue weighted by molar-refractivity contribution is -0.142. The summed E-state index contributed by atoms with van der Waals surface area (Å²) in [4.78, 5) is 12.1. The first-order valence-electron chi connectivity index (χ1n) is 6.99. The highest BCUT2D eigenvalue weighted by Crippen LogP contribution is 2.37. The predicted octanol–water partition coefficient (Wildman–Crippen LogP) is 4.25.